The lowest BCUT2D eigenvalue weighted by Crippen LogP contribution is -2.12. The highest BCUT2D eigenvalue weighted by Crippen LogP contribution is 2.23. The highest BCUT2D eigenvalue weighted by Gasteiger charge is 2.19. The lowest BCUT2D eigenvalue weighted by atomic mass is 10.1. The van der Waals surface area contributed by atoms with Gasteiger partial charge in [0.1, 0.15) is 12.3 Å². The fourth-order valence-electron chi connectivity index (χ4n) is 1.68. The molecule has 0 radical (unpaired) electrons. The van der Waals surface area contributed by atoms with Gasteiger partial charge < -0.3 is 5.11 Å². The lowest BCUT2D eigenvalue weighted by molar-refractivity contribution is 0.0895. The van der Waals surface area contributed by atoms with Crippen molar-refractivity contribution in [3.63, 3.8) is 0 Å². The molecule has 6 nitrogen and oxygen atoms in total. The monoisotopic (exact) mass is 232 g/mol. The molecule has 2 aromatic rings. The van der Waals surface area contributed by atoms with Gasteiger partial charge >= 0.3 is 0 Å². The van der Waals surface area contributed by atoms with Gasteiger partial charge in [0.25, 0.3) is 0 Å². The third-order valence-electron chi connectivity index (χ3n) is 2.52. The van der Waals surface area contributed by atoms with Crippen LogP contribution in [0.25, 0.3) is 11.3 Å². The summed E-state index contributed by atoms with van der Waals surface area (Å²) in [7, 11) is 1.65. The number of aliphatic hydroxyl groups is 1. The minimum absolute atomic E-state index is 0.344. The second kappa shape index (κ2) is 4.42. The topological polar surface area (TPSA) is 80.9 Å². The molecule has 0 saturated heterocycles. The summed E-state index contributed by atoms with van der Waals surface area (Å²) >= 11 is 0. The van der Waals surface area contributed by atoms with Crippen LogP contribution in [0.5, 0.6) is 0 Å². The molecule has 0 spiro atoms. The van der Waals surface area contributed by atoms with Gasteiger partial charge in [-0.05, 0) is 18.6 Å². The van der Waals surface area contributed by atoms with Gasteiger partial charge in [-0.15, -0.1) is 0 Å². The third kappa shape index (κ3) is 1.94. The zero-order valence-electron chi connectivity index (χ0n) is 9.58. The first kappa shape index (κ1) is 11.4. The molecule has 2 aromatic heterocycles. The third-order valence-corrected chi connectivity index (χ3v) is 2.52. The molecule has 0 saturated carbocycles. The van der Waals surface area contributed by atoms with E-state index in [4.69, 9.17) is 5.11 Å². The Balaban J connectivity index is 2.61. The molecule has 0 amide bonds. The van der Waals surface area contributed by atoms with Crippen molar-refractivity contribution < 1.29 is 9.90 Å². The van der Waals surface area contributed by atoms with Crippen molar-refractivity contribution in [2.24, 2.45) is 7.05 Å². The van der Waals surface area contributed by atoms with Crippen molar-refractivity contribution in [1.29, 1.82) is 0 Å². The Morgan fingerprint density at radius 3 is 2.94 bits per heavy atom. The number of hydrogen-bond acceptors (Lipinski definition) is 5. The number of carbonyl (C=O) groups excluding carboxylic acids is 1. The summed E-state index contributed by atoms with van der Waals surface area (Å²) < 4.78 is 1.43. The van der Waals surface area contributed by atoms with Crippen LogP contribution in [-0.4, -0.2) is 37.5 Å². The number of aromatic nitrogens is 4. The van der Waals surface area contributed by atoms with Gasteiger partial charge in [0.2, 0.25) is 5.78 Å². The first-order valence-corrected chi connectivity index (χ1v) is 5.10. The van der Waals surface area contributed by atoms with E-state index in [2.05, 4.69) is 15.3 Å². The summed E-state index contributed by atoms with van der Waals surface area (Å²) in [6.07, 6.45) is 3.14. The molecule has 0 atom stereocenters. The summed E-state index contributed by atoms with van der Waals surface area (Å²) in [6.45, 7) is 1.33. The fourth-order valence-corrected chi connectivity index (χ4v) is 1.68. The summed E-state index contributed by atoms with van der Waals surface area (Å²) in [4.78, 5) is 11.6. The molecule has 6 heteroatoms. The Morgan fingerprint density at radius 2 is 2.29 bits per heavy atom. The minimum Gasteiger partial charge on any atom is -0.388 e. The van der Waals surface area contributed by atoms with Crippen molar-refractivity contribution >= 4 is 5.78 Å². The molecule has 0 aliphatic rings. The molecule has 0 aliphatic heterocycles. The predicted octanol–water partition coefficient (Wildman–Crippen LogP) is 0.361. The van der Waals surface area contributed by atoms with Crippen LogP contribution in [0, 0.1) is 6.92 Å². The molecular weight excluding hydrogens is 220 g/mol. The van der Waals surface area contributed by atoms with Gasteiger partial charge in [0.15, 0.2) is 0 Å². The van der Waals surface area contributed by atoms with Crippen LogP contribution in [0.1, 0.15) is 16.1 Å². The normalized spacial score (nSPS) is 10.5. The van der Waals surface area contributed by atoms with Crippen LogP contribution >= 0.6 is 0 Å². The van der Waals surface area contributed by atoms with Crippen molar-refractivity contribution in [1.82, 2.24) is 20.0 Å². The largest absolute Gasteiger partial charge is 0.388 e. The van der Waals surface area contributed by atoms with Crippen LogP contribution in [-0.2, 0) is 7.05 Å². The number of hydrogen-bond donors (Lipinski definition) is 1. The van der Waals surface area contributed by atoms with Crippen LogP contribution in [0.15, 0.2) is 18.5 Å². The van der Waals surface area contributed by atoms with Gasteiger partial charge in [-0.3, -0.25) is 9.48 Å². The molecule has 0 unspecified atom stereocenters. The fraction of sp³-hybridized carbons (Fsp3) is 0.273. The number of ketones is 1. The van der Waals surface area contributed by atoms with Crippen molar-refractivity contribution in [2.45, 2.75) is 6.92 Å². The Kier molecular flexibility index (Phi) is 2.97. The second-order valence-corrected chi connectivity index (χ2v) is 3.67. The SMILES string of the molecule is Cc1ccnnc1-c1cnn(C)c1C(=O)CO. The maximum atomic E-state index is 11.6. The predicted molar refractivity (Wildman–Crippen MR) is 60.4 cm³/mol. The van der Waals surface area contributed by atoms with Crippen molar-refractivity contribution in [2.75, 3.05) is 6.61 Å². The van der Waals surface area contributed by atoms with Crippen LogP contribution < -0.4 is 0 Å². The van der Waals surface area contributed by atoms with Gasteiger partial charge in [-0.2, -0.15) is 15.3 Å². The molecule has 2 rings (SSSR count). The number of aryl methyl sites for hydroxylation is 2. The molecule has 0 bridgehead atoms. The standard InChI is InChI=1S/C11H12N4O2/c1-7-3-4-12-14-10(7)8-5-13-15(2)11(8)9(17)6-16/h3-5,16H,6H2,1-2H3. The summed E-state index contributed by atoms with van der Waals surface area (Å²) in [5, 5.41) is 20.8. The zero-order chi connectivity index (χ0) is 12.4. The van der Waals surface area contributed by atoms with E-state index < -0.39 is 6.61 Å². The maximum Gasteiger partial charge on any atom is 0.206 e. The van der Waals surface area contributed by atoms with Gasteiger partial charge in [-0.1, -0.05) is 0 Å². The molecule has 2 heterocycles. The van der Waals surface area contributed by atoms with Gasteiger partial charge in [0, 0.05) is 13.2 Å². The second-order valence-electron chi connectivity index (χ2n) is 3.67. The number of aliphatic hydroxyl groups excluding tert-OH is 1. The number of Topliss-reactive ketones (excluding diaryl/α,β-unsaturated/α-hetero) is 1. The van der Waals surface area contributed by atoms with E-state index in [1.54, 1.807) is 19.4 Å². The van der Waals surface area contributed by atoms with Gasteiger partial charge in [-0.25, -0.2) is 0 Å². The molecule has 0 fully saturated rings. The zero-order valence-corrected chi connectivity index (χ0v) is 9.58. The molecule has 88 valence electrons. The van der Waals surface area contributed by atoms with E-state index in [-0.39, 0.29) is 5.78 Å². The average Bonchev–Trinajstić information content (AvgIpc) is 2.71. The first-order chi connectivity index (χ1) is 8.15. The summed E-state index contributed by atoms with van der Waals surface area (Å²) in [5.74, 6) is -0.384. The first-order valence-electron chi connectivity index (χ1n) is 5.10. The minimum atomic E-state index is -0.550. The van der Waals surface area contributed by atoms with E-state index in [9.17, 15) is 4.79 Å². The maximum absolute atomic E-state index is 11.6. The van der Waals surface area contributed by atoms with Crippen LogP contribution in [0.2, 0.25) is 0 Å². The lowest BCUT2D eigenvalue weighted by Gasteiger charge is -2.04. The Hall–Kier alpha value is -2.08. The number of nitrogens with zero attached hydrogens (tertiary/aromatic N) is 4. The van der Waals surface area contributed by atoms with E-state index in [1.807, 2.05) is 13.0 Å². The highest BCUT2D eigenvalue weighted by molar-refractivity contribution is 6.01. The molecular formula is C11H12N4O2. The van der Waals surface area contributed by atoms with E-state index in [1.165, 1.54) is 4.68 Å². The van der Waals surface area contributed by atoms with E-state index in [0.29, 0.717) is 17.0 Å². The van der Waals surface area contributed by atoms with Crippen molar-refractivity contribution in [3.05, 3.63) is 29.7 Å². The van der Waals surface area contributed by atoms with E-state index in [0.717, 1.165) is 5.56 Å². The smallest absolute Gasteiger partial charge is 0.206 e. The molecule has 0 aliphatic carbocycles. The summed E-state index contributed by atoms with van der Waals surface area (Å²) in [5.41, 5.74) is 2.45. The quantitative estimate of drug-likeness (QED) is 0.773. The Morgan fingerprint density at radius 1 is 1.53 bits per heavy atom. The Bertz CT molecular complexity index is 562. The average molecular weight is 232 g/mol. The highest BCUT2D eigenvalue weighted by atomic mass is 16.3. The van der Waals surface area contributed by atoms with Crippen molar-refractivity contribution in [3.8, 4) is 11.3 Å². The van der Waals surface area contributed by atoms with Crippen LogP contribution in [0.4, 0.5) is 0 Å². The van der Waals surface area contributed by atoms with Crippen LogP contribution in [0.3, 0.4) is 0 Å². The number of rotatable bonds is 3. The number of carbonyl (C=O) groups is 1. The molecule has 0 aromatic carbocycles. The van der Waals surface area contributed by atoms with E-state index >= 15 is 0 Å². The molecule has 17 heavy (non-hydrogen) atoms. The molecule has 1 N–H and O–H groups in total. The Labute approximate surface area is 97.9 Å². The summed E-state index contributed by atoms with van der Waals surface area (Å²) in [6, 6.07) is 1.81. The van der Waals surface area contributed by atoms with Gasteiger partial charge in [0.05, 0.1) is 17.5 Å².